The van der Waals surface area contributed by atoms with Crippen LogP contribution < -0.4 is 5.73 Å². The molecular weight excluding hydrogens is 252 g/mol. The van der Waals surface area contributed by atoms with Gasteiger partial charge in [0.05, 0.1) is 5.54 Å². The Balaban J connectivity index is 1.57. The Hall–Kier alpha value is -0.610. The Labute approximate surface area is 121 Å². The SMILES string of the molecule is NC1(C(=O)N2CC3CC4CC(C3)CC2C4)CCOCC1. The maximum absolute atomic E-state index is 13.0. The summed E-state index contributed by atoms with van der Waals surface area (Å²) in [5.41, 5.74) is 5.79. The van der Waals surface area contributed by atoms with Crippen LogP contribution in [0.25, 0.3) is 0 Å². The van der Waals surface area contributed by atoms with E-state index in [0.29, 0.717) is 32.1 Å². The first-order chi connectivity index (χ1) is 9.64. The lowest BCUT2D eigenvalue weighted by Crippen LogP contribution is -2.60. The first-order valence-electron chi connectivity index (χ1n) is 8.32. The molecule has 3 aliphatic heterocycles. The average molecular weight is 278 g/mol. The Morgan fingerprint density at radius 3 is 2.25 bits per heavy atom. The van der Waals surface area contributed by atoms with Crippen molar-refractivity contribution in [1.29, 1.82) is 0 Å². The minimum atomic E-state index is -0.653. The zero-order valence-electron chi connectivity index (χ0n) is 12.2. The average Bonchev–Trinajstić information content (AvgIpc) is 2.63. The number of ether oxygens (including phenoxy) is 1. The highest BCUT2D eigenvalue weighted by molar-refractivity contribution is 5.86. The van der Waals surface area contributed by atoms with Crippen LogP contribution in [0.2, 0.25) is 0 Å². The van der Waals surface area contributed by atoms with E-state index < -0.39 is 5.54 Å². The van der Waals surface area contributed by atoms with Crippen LogP contribution in [0.1, 0.15) is 44.9 Å². The van der Waals surface area contributed by atoms with Crippen molar-refractivity contribution in [2.75, 3.05) is 19.8 Å². The Bertz CT molecular complexity index is 391. The summed E-state index contributed by atoms with van der Waals surface area (Å²) in [7, 11) is 0. The van der Waals surface area contributed by atoms with Gasteiger partial charge in [0, 0.05) is 25.8 Å². The van der Waals surface area contributed by atoms with Crippen LogP contribution in [-0.4, -0.2) is 42.1 Å². The summed E-state index contributed by atoms with van der Waals surface area (Å²) in [4.78, 5) is 15.2. The van der Waals surface area contributed by atoms with Gasteiger partial charge in [0.25, 0.3) is 0 Å². The summed E-state index contributed by atoms with van der Waals surface area (Å²) < 4.78 is 5.39. The molecule has 2 aliphatic carbocycles. The molecule has 112 valence electrons. The number of fused-ring (bicyclic) bond motifs is 1. The van der Waals surface area contributed by atoms with E-state index in [0.717, 1.165) is 24.3 Å². The minimum Gasteiger partial charge on any atom is -0.381 e. The van der Waals surface area contributed by atoms with Crippen LogP contribution in [0, 0.1) is 17.8 Å². The summed E-state index contributed by atoms with van der Waals surface area (Å²) in [6.07, 6.45) is 7.93. The van der Waals surface area contributed by atoms with Gasteiger partial charge in [-0.05, 0) is 62.7 Å². The van der Waals surface area contributed by atoms with Crippen molar-refractivity contribution in [2.24, 2.45) is 23.5 Å². The van der Waals surface area contributed by atoms with Gasteiger partial charge < -0.3 is 15.4 Å². The fourth-order valence-corrected chi connectivity index (χ4v) is 5.27. The van der Waals surface area contributed by atoms with E-state index in [1.807, 2.05) is 0 Å². The Kier molecular flexibility index (Phi) is 3.08. The summed E-state index contributed by atoms with van der Waals surface area (Å²) in [6, 6.07) is 0.474. The molecule has 20 heavy (non-hydrogen) atoms. The van der Waals surface area contributed by atoms with Gasteiger partial charge >= 0.3 is 0 Å². The number of hydrogen-bond acceptors (Lipinski definition) is 3. The quantitative estimate of drug-likeness (QED) is 0.791. The predicted molar refractivity (Wildman–Crippen MR) is 76.0 cm³/mol. The molecule has 2 atom stereocenters. The normalized spacial score (nSPS) is 42.5. The van der Waals surface area contributed by atoms with Crippen LogP contribution in [0.15, 0.2) is 0 Å². The fourth-order valence-electron chi connectivity index (χ4n) is 5.27. The number of nitrogens with zero attached hydrogens (tertiary/aromatic N) is 1. The van der Waals surface area contributed by atoms with Crippen molar-refractivity contribution in [3.05, 3.63) is 0 Å². The molecule has 5 rings (SSSR count). The molecule has 0 spiro atoms. The summed E-state index contributed by atoms with van der Waals surface area (Å²) in [5, 5.41) is 0. The zero-order valence-corrected chi connectivity index (χ0v) is 12.2. The third-order valence-corrected chi connectivity index (χ3v) is 6.18. The minimum absolute atomic E-state index is 0.221. The van der Waals surface area contributed by atoms with Gasteiger partial charge in [-0.3, -0.25) is 4.79 Å². The molecule has 3 heterocycles. The fraction of sp³-hybridized carbons (Fsp3) is 0.938. The van der Waals surface area contributed by atoms with Gasteiger partial charge in [0.15, 0.2) is 0 Å². The summed E-state index contributed by atoms with van der Waals surface area (Å²) >= 11 is 0. The molecule has 5 fully saturated rings. The van der Waals surface area contributed by atoms with Crippen LogP contribution in [0.5, 0.6) is 0 Å². The number of hydrogen-bond donors (Lipinski definition) is 1. The van der Waals surface area contributed by atoms with Crippen molar-refractivity contribution in [1.82, 2.24) is 4.90 Å². The lowest BCUT2D eigenvalue weighted by atomic mass is 9.68. The standard InChI is InChI=1S/C16H26N2O2/c17-16(1-3-20-4-2-16)15(19)18-10-13-6-11-5-12(7-13)9-14(18)8-11/h11-14H,1-10,17H2. The molecule has 4 nitrogen and oxygen atoms in total. The number of nitrogens with two attached hydrogens (primary N) is 1. The number of amides is 1. The molecule has 4 bridgehead atoms. The summed E-state index contributed by atoms with van der Waals surface area (Å²) in [5.74, 6) is 2.70. The molecule has 0 aromatic heterocycles. The molecule has 0 radical (unpaired) electrons. The predicted octanol–water partition coefficient (Wildman–Crippen LogP) is 1.53. The molecule has 5 aliphatic rings. The number of carbonyl (C=O) groups is 1. The molecule has 4 heteroatoms. The zero-order chi connectivity index (χ0) is 13.7. The van der Waals surface area contributed by atoms with Gasteiger partial charge in [0.1, 0.15) is 0 Å². The highest BCUT2D eigenvalue weighted by Crippen LogP contribution is 2.48. The van der Waals surface area contributed by atoms with E-state index in [4.69, 9.17) is 10.5 Å². The molecule has 3 saturated heterocycles. The van der Waals surface area contributed by atoms with Gasteiger partial charge in [-0.1, -0.05) is 0 Å². The second kappa shape index (κ2) is 4.70. The first-order valence-corrected chi connectivity index (χ1v) is 8.32. The Morgan fingerprint density at radius 1 is 1.00 bits per heavy atom. The Morgan fingerprint density at radius 2 is 1.60 bits per heavy atom. The van der Waals surface area contributed by atoms with Gasteiger partial charge in [-0.15, -0.1) is 0 Å². The monoisotopic (exact) mass is 278 g/mol. The van der Waals surface area contributed by atoms with Crippen LogP contribution in [-0.2, 0) is 9.53 Å². The smallest absolute Gasteiger partial charge is 0.243 e. The third kappa shape index (κ3) is 2.08. The van der Waals surface area contributed by atoms with Gasteiger partial charge in [-0.25, -0.2) is 0 Å². The van der Waals surface area contributed by atoms with E-state index in [-0.39, 0.29) is 5.91 Å². The van der Waals surface area contributed by atoms with E-state index in [1.165, 1.54) is 32.1 Å². The summed E-state index contributed by atoms with van der Waals surface area (Å²) in [6.45, 7) is 2.24. The second-order valence-electron chi connectivity index (χ2n) is 7.66. The largest absolute Gasteiger partial charge is 0.381 e. The van der Waals surface area contributed by atoms with Crippen molar-refractivity contribution >= 4 is 5.91 Å². The van der Waals surface area contributed by atoms with Crippen molar-refractivity contribution in [3.63, 3.8) is 0 Å². The van der Waals surface area contributed by atoms with E-state index in [1.54, 1.807) is 0 Å². The molecule has 2 unspecified atom stereocenters. The number of carbonyl (C=O) groups excluding carboxylic acids is 1. The molecule has 1 amide bonds. The highest BCUT2D eigenvalue weighted by atomic mass is 16.5. The van der Waals surface area contributed by atoms with Crippen LogP contribution >= 0.6 is 0 Å². The van der Waals surface area contributed by atoms with Crippen molar-refractivity contribution in [3.8, 4) is 0 Å². The molecule has 2 N–H and O–H groups in total. The topological polar surface area (TPSA) is 55.6 Å². The molecule has 0 aromatic carbocycles. The van der Waals surface area contributed by atoms with Crippen molar-refractivity contribution < 1.29 is 9.53 Å². The third-order valence-electron chi connectivity index (χ3n) is 6.18. The maximum atomic E-state index is 13.0. The second-order valence-corrected chi connectivity index (χ2v) is 7.66. The number of rotatable bonds is 1. The van der Waals surface area contributed by atoms with Crippen LogP contribution in [0.4, 0.5) is 0 Å². The highest BCUT2D eigenvalue weighted by Gasteiger charge is 2.48. The van der Waals surface area contributed by atoms with Gasteiger partial charge in [0.2, 0.25) is 5.91 Å². The molecular formula is C16H26N2O2. The molecule has 0 aromatic rings. The van der Waals surface area contributed by atoms with Crippen LogP contribution in [0.3, 0.4) is 0 Å². The lowest BCUT2D eigenvalue weighted by Gasteiger charge is -2.42. The van der Waals surface area contributed by atoms with E-state index in [2.05, 4.69) is 4.90 Å². The lowest BCUT2D eigenvalue weighted by molar-refractivity contribution is -0.143. The van der Waals surface area contributed by atoms with E-state index in [9.17, 15) is 4.79 Å². The van der Waals surface area contributed by atoms with Crippen molar-refractivity contribution in [2.45, 2.75) is 56.5 Å². The molecule has 2 saturated carbocycles. The first kappa shape index (κ1) is 13.1. The maximum Gasteiger partial charge on any atom is 0.243 e. The van der Waals surface area contributed by atoms with E-state index >= 15 is 0 Å². The van der Waals surface area contributed by atoms with Gasteiger partial charge in [-0.2, -0.15) is 0 Å².